The lowest BCUT2D eigenvalue weighted by molar-refractivity contribution is -0.122. The SMILES string of the molecule is Cc1ccc(/C=N\NC(=O)CN2CCN(S(=O)(=O)c3ccc(C)cc3)CC2)cc1. The smallest absolute Gasteiger partial charge is 0.254 e. The van der Waals surface area contributed by atoms with Gasteiger partial charge < -0.3 is 0 Å². The molecule has 1 N–H and O–H groups in total. The first-order valence-corrected chi connectivity index (χ1v) is 11.0. The van der Waals surface area contributed by atoms with Crippen LogP contribution < -0.4 is 5.43 Å². The molecule has 8 heteroatoms. The van der Waals surface area contributed by atoms with Crippen molar-refractivity contribution in [2.45, 2.75) is 18.7 Å². The van der Waals surface area contributed by atoms with Crippen LogP contribution in [0.15, 0.2) is 58.5 Å². The standard InChI is InChI=1S/C21H26N4O3S/c1-17-3-7-19(8-4-17)15-22-23-21(26)16-24-11-13-25(14-12-24)29(27,28)20-9-5-18(2)6-10-20/h3-10,15H,11-14,16H2,1-2H3,(H,23,26)/b22-15-. The summed E-state index contributed by atoms with van der Waals surface area (Å²) in [5.41, 5.74) is 5.61. The lowest BCUT2D eigenvalue weighted by atomic mass is 10.2. The Morgan fingerprint density at radius 2 is 1.52 bits per heavy atom. The molecule has 0 bridgehead atoms. The number of carbonyl (C=O) groups is 1. The summed E-state index contributed by atoms with van der Waals surface area (Å²) in [5, 5.41) is 3.98. The van der Waals surface area contributed by atoms with Gasteiger partial charge in [0.15, 0.2) is 0 Å². The topological polar surface area (TPSA) is 82.1 Å². The van der Waals surface area contributed by atoms with Crippen LogP contribution in [0.3, 0.4) is 0 Å². The number of rotatable bonds is 6. The van der Waals surface area contributed by atoms with Gasteiger partial charge in [0.05, 0.1) is 17.7 Å². The van der Waals surface area contributed by atoms with Crippen LogP contribution in [0.5, 0.6) is 0 Å². The number of nitrogens with one attached hydrogen (secondary N) is 1. The molecular weight excluding hydrogens is 388 g/mol. The van der Waals surface area contributed by atoms with E-state index in [9.17, 15) is 13.2 Å². The Kier molecular flexibility index (Phi) is 6.79. The van der Waals surface area contributed by atoms with Crippen molar-refractivity contribution in [3.8, 4) is 0 Å². The fourth-order valence-electron chi connectivity index (χ4n) is 3.06. The Hall–Kier alpha value is -2.55. The monoisotopic (exact) mass is 414 g/mol. The molecule has 3 rings (SSSR count). The number of hydrogen-bond acceptors (Lipinski definition) is 5. The number of aryl methyl sites for hydroxylation is 2. The molecule has 0 aliphatic carbocycles. The Morgan fingerprint density at radius 1 is 0.966 bits per heavy atom. The molecule has 1 aliphatic rings. The molecule has 1 amide bonds. The fourth-order valence-corrected chi connectivity index (χ4v) is 4.48. The normalized spacial score (nSPS) is 16.2. The maximum Gasteiger partial charge on any atom is 0.254 e. The van der Waals surface area contributed by atoms with Crippen LogP contribution in [0.1, 0.15) is 16.7 Å². The number of piperazine rings is 1. The van der Waals surface area contributed by atoms with Crippen LogP contribution in [0, 0.1) is 13.8 Å². The number of sulfonamides is 1. The van der Waals surface area contributed by atoms with Gasteiger partial charge in [-0.25, -0.2) is 13.8 Å². The first kappa shape index (κ1) is 21.2. The second-order valence-electron chi connectivity index (χ2n) is 7.20. The van der Waals surface area contributed by atoms with Crippen molar-refractivity contribution < 1.29 is 13.2 Å². The van der Waals surface area contributed by atoms with Gasteiger partial charge in [0.25, 0.3) is 5.91 Å². The zero-order valence-corrected chi connectivity index (χ0v) is 17.5. The first-order chi connectivity index (χ1) is 13.8. The Bertz CT molecular complexity index is 962. The minimum Gasteiger partial charge on any atom is -0.292 e. The maximum atomic E-state index is 12.7. The summed E-state index contributed by atoms with van der Waals surface area (Å²) < 4.78 is 26.9. The predicted octanol–water partition coefficient (Wildman–Crippen LogP) is 1.76. The van der Waals surface area contributed by atoms with Crippen LogP contribution >= 0.6 is 0 Å². The van der Waals surface area contributed by atoms with Crippen molar-refractivity contribution in [1.29, 1.82) is 0 Å². The zero-order valence-electron chi connectivity index (χ0n) is 16.7. The molecule has 0 spiro atoms. The average molecular weight is 415 g/mol. The molecule has 0 radical (unpaired) electrons. The van der Waals surface area contributed by atoms with Gasteiger partial charge in [0.1, 0.15) is 0 Å². The average Bonchev–Trinajstić information content (AvgIpc) is 2.70. The van der Waals surface area contributed by atoms with E-state index in [1.165, 1.54) is 4.31 Å². The predicted molar refractivity (Wildman–Crippen MR) is 113 cm³/mol. The van der Waals surface area contributed by atoms with Crippen molar-refractivity contribution in [3.05, 3.63) is 65.2 Å². The number of hydrazone groups is 1. The Labute approximate surface area is 172 Å². The summed E-state index contributed by atoms with van der Waals surface area (Å²) >= 11 is 0. The molecule has 0 saturated carbocycles. The van der Waals surface area contributed by atoms with Crippen LogP contribution in [0.4, 0.5) is 0 Å². The molecule has 2 aromatic carbocycles. The number of carbonyl (C=O) groups excluding carboxylic acids is 1. The van der Waals surface area contributed by atoms with Gasteiger partial charge in [-0.3, -0.25) is 9.69 Å². The highest BCUT2D eigenvalue weighted by Gasteiger charge is 2.28. The van der Waals surface area contributed by atoms with E-state index in [4.69, 9.17) is 0 Å². The maximum absolute atomic E-state index is 12.7. The van der Waals surface area contributed by atoms with E-state index in [0.717, 1.165) is 16.7 Å². The molecule has 154 valence electrons. The third-order valence-electron chi connectivity index (χ3n) is 4.84. The minimum absolute atomic E-state index is 0.184. The summed E-state index contributed by atoms with van der Waals surface area (Å²) in [5.74, 6) is -0.219. The second kappa shape index (κ2) is 9.30. The van der Waals surface area contributed by atoms with Crippen molar-refractivity contribution in [2.75, 3.05) is 32.7 Å². The van der Waals surface area contributed by atoms with Gasteiger partial charge in [-0.2, -0.15) is 9.41 Å². The lowest BCUT2D eigenvalue weighted by Crippen LogP contribution is -2.50. The van der Waals surface area contributed by atoms with Gasteiger partial charge in [0.2, 0.25) is 10.0 Å². The summed E-state index contributed by atoms with van der Waals surface area (Å²) in [7, 11) is -3.50. The van der Waals surface area contributed by atoms with Crippen LogP contribution in [-0.4, -0.2) is 62.5 Å². The van der Waals surface area contributed by atoms with Crippen molar-refractivity contribution in [3.63, 3.8) is 0 Å². The molecule has 1 fully saturated rings. The molecule has 0 atom stereocenters. The Morgan fingerprint density at radius 3 is 2.10 bits per heavy atom. The zero-order chi connectivity index (χ0) is 20.9. The highest BCUT2D eigenvalue weighted by Crippen LogP contribution is 2.18. The van der Waals surface area contributed by atoms with Crippen LogP contribution in [0.2, 0.25) is 0 Å². The summed E-state index contributed by atoms with van der Waals surface area (Å²) in [4.78, 5) is 14.3. The number of nitrogens with zero attached hydrogens (tertiary/aromatic N) is 3. The molecular formula is C21H26N4O3S. The molecule has 1 saturated heterocycles. The summed E-state index contributed by atoms with van der Waals surface area (Å²) in [6.45, 7) is 5.83. The largest absolute Gasteiger partial charge is 0.292 e. The van der Waals surface area contributed by atoms with E-state index in [2.05, 4.69) is 10.5 Å². The van der Waals surface area contributed by atoms with Gasteiger partial charge in [-0.1, -0.05) is 47.5 Å². The van der Waals surface area contributed by atoms with E-state index in [1.54, 1.807) is 30.5 Å². The summed E-state index contributed by atoms with van der Waals surface area (Å²) in [6, 6.07) is 14.7. The minimum atomic E-state index is -3.50. The van der Waals surface area contributed by atoms with E-state index in [1.807, 2.05) is 43.0 Å². The number of hydrogen-bond donors (Lipinski definition) is 1. The fraction of sp³-hybridized carbons (Fsp3) is 0.333. The molecule has 0 unspecified atom stereocenters. The molecule has 1 heterocycles. The molecule has 7 nitrogen and oxygen atoms in total. The third kappa shape index (κ3) is 5.72. The summed E-state index contributed by atoms with van der Waals surface area (Å²) in [6.07, 6.45) is 1.60. The van der Waals surface area contributed by atoms with Gasteiger partial charge in [-0.05, 0) is 31.5 Å². The van der Waals surface area contributed by atoms with Crippen molar-refractivity contribution >= 4 is 22.1 Å². The quantitative estimate of drug-likeness (QED) is 0.577. The van der Waals surface area contributed by atoms with E-state index in [0.29, 0.717) is 31.1 Å². The molecule has 29 heavy (non-hydrogen) atoms. The van der Waals surface area contributed by atoms with Gasteiger partial charge in [0, 0.05) is 26.2 Å². The molecule has 1 aliphatic heterocycles. The van der Waals surface area contributed by atoms with Crippen molar-refractivity contribution in [1.82, 2.24) is 14.6 Å². The number of amides is 1. The van der Waals surface area contributed by atoms with E-state index in [-0.39, 0.29) is 12.5 Å². The van der Waals surface area contributed by atoms with Gasteiger partial charge >= 0.3 is 0 Å². The molecule has 2 aromatic rings. The second-order valence-corrected chi connectivity index (χ2v) is 9.14. The highest BCUT2D eigenvalue weighted by molar-refractivity contribution is 7.89. The van der Waals surface area contributed by atoms with Crippen molar-refractivity contribution in [2.24, 2.45) is 5.10 Å². The van der Waals surface area contributed by atoms with E-state index >= 15 is 0 Å². The van der Waals surface area contributed by atoms with Gasteiger partial charge in [-0.15, -0.1) is 0 Å². The van der Waals surface area contributed by atoms with Crippen LogP contribution in [0.25, 0.3) is 0 Å². The van der Waals surface area contributed by atoms with Crippen LogP contribution in [-0.2, 0) is 14.8 Å². The molecule has 0 aromatic heterocycles. The number of benzene rings is 2. The highest BCUT2D eigenvalue weighted by atomic mass is 32.2. The Balaban J connectivity index is 1.47. The van der Waals surface area contributed by atoms with E-state index < -0.39 is 10.0 Å². The lowest BCUT2D eigenvalue weighted by Gasteiger charge is -2.33. The first-order valence-electron chi connectivity index (χ1n) is 9.52. The third-order valence-corrected chi connectivity index (χ3v) is 6.75.